The molecule has 0 bridgehead atoms. The smallest absolute Gasteiger partial charge is 0.283 e. The van der Waals surface area contributed by atoms with Crippen LogP contribution >= 0.6 is 11.5 Å². The molecule has 182 valence electrons. The minimum absolute atomic E-state index is 0. The van der Waals surface area contributed by atoms with Gasteiger partial charge in [0.15, 0.2) is 17.5 Å². The van der Waals surface area contributed by atoms with Gasteiger partial charge in [-0.25, -0.2) is 0 Å². The van der Waals surface area contributed by atoms with Crippen molar-refractivity contribution in [1.29, 1.82) is 0 Å². The highest BCUT2D eigenvalue weighted by Crippen LogP contribution is 2.40. The Kier molecular flexibility index (Phi) is 9.25. The van der Waals surface area contributed by atoms with Gasteiger partial charge in [-0.2, -0.15) is 4.37 Å². The summed E-state index contributed by atoms with van der Waals surface area (Å²) >= 11 is 1.32. The van der Waals surface area contributed by atoms with Gasteiger partial charge in [-0.15, -0.1) is 0 Å². The Morgan fingerprint density at radius 1 is 1.09 bits per heavy atom. The molecule has 0 aliphatic heterocycles. The monoisotopic (exact) mass is 506 g/mol. The lowest BCUT2D eigenvalue weighted by Crippen LogP contribution is -3.00. The second-order valence-corrected chi connectivity index (χ2v) is 8.01. The van der Waals surface area contributed by atoms with Crippen molar-refractivity contribution >= 4 is 29.0 Å². The number of rotatable bonds is 9. The lowest BCUT2D eigenvalue weighted by atomic mass is 9.99. The summed E-state index contributed by atoms with van der Waals surface area (Å²) in [6, 6.07) is 8.51. The Morgan fingerprint density at radius 2 is 1.79 bits per heavy atom. The summed E-state index contributed by atoms with van der Waals surface area (Å²) in [7, 11) is 4.71. The molecule has 1 heterocycles. The summed E-state index contributed by atoms with van der Waals surface area (Å²) in [6.45, 7) is 1.94. The number of nitrogens with zero attached hydrogens (tertiary/aromatic N) is 1. The molecule has 1 aromatic heterocycles. The molecule has 11 heteroatoms. The van der Waals surface area contributed by atoms with Crippen LogP contribution in [0.5, 0.6) is 17.2 Å². The van der Waals surface area contributed by atoms with Crippen molar-refractivity contribution in [2.24, 2.45) is 5.73 Å². The number of aromatic nitrogens is 1. The van der Waals surface area contributed by atoms with Gasteiger partial charge in [0.05, 0.1) is 39.1 Å². The van der Waals surface area contributed by atoms with Crippen molar-refractivity contribution in [3.05, 3.63) is 41.3 Å². The minimum atomic E-state index is -0.816. The number of methoxy groups -OCH3 is 3. The van der Waals surface area contributed by atoms with Crippen molar-refractivity contribution in [2.45, 2.75) is 19.4 Å². The van der Waals surface area contributed by atoms with E-state index in [2.05, 4.69) is 15.4 Å². The van der Waals surface area contributed by atoms with Gasteiger partial charge in [-0.3, -0.25) is 9.59 Å². The Balaban J connectivity index is 0.00000408. The van der Waals surface area contributed by atoms with Crippen LogP contribution in [-0.2, 0) is 9.59 Å². The van der Waals surface area contributed by atoms with E-state index < -0.39 is 17.9 Å². The van der Waals surface area contributed by atoms with Gasteiger partial charge in [0, 0.05) is 16.5 Å². The van der Waals surface area contributed by atoms with Crippen LogP contribution in [0.1, 0.15) is 12.0 Å². The van der Waals surface area contributed by atoms with Crippen LogP contribution in [0.2, 0.25) is 0 Å². The van der Waals surface area contributed by atoms with E-state index in [1.165, 1.54) is 18.6 Å². The molecule has 0 unspecified atom stereocenters. The zero-order valence-electron chi connectivity index (χ0n) is 19.3. The van der Waals surface area contributed by atoms with Crippen molar-refractivity contribution < 1.29 is 41.9 Å². The molecule has 0 saturated heterocycles. The minimum Gasteiger partial charge on any atom is -1.00 e. The average molecular weight is 507 g/mol. The number of carbonyl (C=O) groups excluding carboxylic acids is 2. The van der Waals surface area contributed by atoms with E-state index in [-0.39, 0.29) is 18.8 Å². The van der Waals surface area contributed by atoms with Gasteiger partial charge >= 0.3 is 0 Å². The van der Waals surface area contributed by atoms with Crippen LogP contribution in [0, 0.1) is 6.92 Å². The number of carbonyl (C=O) groups is 2. The number of halogens is 1. The molecule has 2 aromatic carbocycles. The highest BCUT2D eigenvalue weighted by Gasteiger charge is 2.22. The molecule has 3 aromatic rings. The van der Waals surface area contributed by atoms with Crippen LogP contribution in [-0.4, -0.2) is 43.6 Å². The van der Waals surface area contributed by atoms with E-state index in [0.717, 1.165) is 27.9 Å². The molecule has 0 saturated carbocycles. The fourth-order valence-electron chi connectivity index (χ4n) is 3.48. The Hall–Kier alpha value is -3.34. The van der Waals surface area contributed by atoms with E-state index in [9.17, 15) is 9.59 Å². The van der Waals surface area contributed by atoms with Gasteiger partial charge in [-0.1, -0.05) is 6.07 Å². The van der Waals surface area contributed by atoms with Crippen molar-refractivity contribution in [3.8, 4) is 39.6 Å². The maximum Gasteiger partial charge on any atom is 0.283 e. The molecule has 3 rings (SSSR count). The maximum atomic E-state index is 12.5. The molecule has 0 radical (unpaired) electrons. The third kappa shape index (κ3) is 5.77. The standard InChI is InChI=1S/C23H26N4O5S.ClH/c1-12-7-14(9-19(31-3)22(12)32-4)21-15(11-33-27-21)13-5-6-18(30-2)17(8-13)26-23(29)16(24)10-20(25)28;/h5-9,11,16H,10,24H2,1-4H3,(H2,25,28)(H,26,29);1H/t16-;/m0./s1. The Morgan fingerprint density at radius 3 is 2.41 bits per heavy atom. The highest BCUT2D eigenvalue weighted by molar-refractivity contribution is 7.04. The summed E-state index contributed by atoms with van der Waals surface area (Å²) in [4.78, 5) is 23.6. The van der Waals surface area contributed by atoms with E-state index in [0.29, 0.717) is 22.9 Å². The van der Waals surface area contributed by atoms with Gasteiger partial charge in [0.2, 0.25) is 5.91 Å². The van der Waals surface area contributed by atoms with Gasteiger partial charge in [-0.05, 0) is 53.8 Å². The number of benzene rings is 2. The lowest BCUT2D eigenvalue weighted by molar-refractivity contribution is -0.401. The van der Waals surface area contributed by atoms with E-state index in [4.69, 9.17) is 19.9 Å². The zero-order valence-corrected chi connectivity index (χ0v) is 20.9. The van der Waals surface area contributed by atoms with E-state index in [1.54, 1.807) is 26.4 Å². The molecule has 0 spiro atoms. The number of aryl methyl sites for hydroxylation is 1. The van der Waals surface area contributed by atoms with Crippen LogP contribution in [0.3, 0.4) is 0 Å². The predicted octanol–water partition coefficient (Wildman–Crippen LogP) is -0.760. The first-order valence-corrected chi connectivity index (χ1v) is 10.9. The molecular weight excluding hydrogens is 480 g/mol. The Labute approximate surface area is 208 Å². The van der Waals surface area contributed by atoms with Crippen LogP contribution in [0.15, 0.2) is 35.7 Å². The predicted molar refractivity (Wildman–Crippen MR) is 126 cm³/mol. The van der Waals surface area contributed by atoms with Crippen molar-refractivity contribution in [3.63, 3.8) is 0 Å². The number of nitrogens with two attached hydrogens (primary N) is 1. The maximum absolute atomic E-state index is 12.5. The number of amides is 2. The molecule has 1 atom stereocenters. The van der Waals surface area contributed by atoms with Crippen LogP contribution in [0.4, 0.5) is 5.69 Å². The second kappa shape index (κ2) is 11.7. The van der Waals surface area contributed by atoms with Crippen molar-refractivity contribution in [1.82, 2.24) is 4.37 Å². The van der Waals surface area contributed by atoms with Gasteiger partial charge in [0.25, 0.3) is 5.91 Å². The Bertz CT molecular complexity index is 1180. The first kappa shape index (κ1) is 26.9. The zero-order chi connectivity index (χ0) is 24.1. The molecule has 6 N–H and O–H groups in total. The topological polar surface area (TPSA) is 140 Å². The number of ether oxygens (including phenoxy) is 3. The molecule has 0 aliphatic carbocycles. The lowest BCUT2D eigenvalue weighted by Gasteiger charge is -2.15. The first-order valence-electron chi connectivity index (χ1n) is 10.1. The van der Waals surface area contributed by atoms with E-state index >= 15 is 0 Å². The summed E-state index contributed by atoms with van der Waals surface area (Å²) in [6.07, 6.45) is -0.148. The number of primary amides is 1. The molecule has 0 aliphatic rings. The summed E-state index contributed by atoms with van der Waals surface area (Å²) < 4.78 is 20.9. The number of hydrogen-bond donors (Lipinski definition) is 3. The molecule has 0 fully saturated rings. The average Bonchev–Trinajstić information content (AvgIpc) is 3.28. The fourth-order valence-corrected chi connectivity index (χ4v) is 4.20. The summed E-state index contributed by atoms with van der Waals surface area (Å²) in [5, 5.41) is 4.72. The highest BCUT2D eigenvalue weighted by atomic mass is 35.5. The van der Waals surface area contributed by atoms with Gasteiger partial charge < -0.3 is 43.4 Å². The third-order valence-corrected chi connectivity index (χ3v) is 5.72. The van der Waals surface area contributed by atoms with Crippen molar-refractivity contribution in [2.75, 3.05) is 26.6 Å². The van der Waals surface area contributed by atoms with Crippen LogP contribution < -0.4 is 43.4 Å². The normalized spacial score (nSPS) is 11.2. The molecular formula is C23H27ClN4O5S. The van der Waals surface area contributed by atoms with Crippen LogP contribution in [0.25, 0.3) is 22.4 Å². The quantitative estimate of drug-likeness (QED) is 0.348. The van der Waals surface area contributed by atoms with E-state index in [1.807, 2.05) is 30.5 Å². The number of nitrogens with one attached hydrogen (secondary N) is 1. The molecule has 2 amide bonds. The number of hydrogen-bond acceptors (Lipinski definition) is 7. The molecule has 34 heavy (non-hydrogen) atoms. The number of anilines is 1. The second-order valence-electron chi connectivity index (χ2n) is 7.38. The number of quaternary nitrogens is 1. The third-order valence-electron chi connectivity index (χ3n) is 5.09. The fraction of sp³-hybridized carbons (Fsp3) is 0.261. The summed E-state index contributed by atoms with van der Waals surface area (Å²) in [5.41, 5.74) is 13.6. The molecule has 9 nitrogen and oxygen atoms in total. The SMILES string of the molecule is COc1ccc(-c2csnc2-c2cc(C)c(OC)c(OC)c2)cc1NC(=O)[C@@H]([NH3+])CC(N)=O.[Cl-]. The summed E-state index contributed by atoms with van der Waals surface area (Å²) in [5.74, 6) is 0.745. The largest absolute Gasteiger partial charge is 1.00 e. The van der Waals surface area contributed by atoms with Gasteiger partial charge in [0.1, 0.15) is 5.75 Å². The first-order chi connectivity index (χ1) is 15.8.